The van der Waals surface area contributed by atoms with Crippen molar-refractivity contribution < 1.29 is 4.74 Å². The smallest absolute Gasteiger partial charge is 0.119 e. The van der Waals surface area contributed by atoms with Gasteiger partial charge in [-0.05, 0) is 58.2 Å². The zero-order chi connectivity index (χ0) is 15.1. The van der Waals surface area contributed by atoms with E-state index in [1.165, 1.54) is 25.1 Å². The van der Waals surface area contributed by atoms with E-state index in [-0.39, 0.29) is 0 Å². The van der Waals surface area contributed by atoms with Gasteiger partial charge in [0.25, 0.3) is 0 Å². The zero-order valence-electron chi connectivity index (χ0n) is 13.6. The van der Waals surface area contributed by atoms with E-state index < -0.39 is 0 Å². The molecule has 1 fully saturated rings. The largest absolute Gasteiger partial charge is 0.492 e. The molecule has 1 aromatic rings. The number of likely N-dealkylation sites (N-methyl/N-ethyl adjacent to an activating group) is 1. The third kappa shape index (κ3) is 5.30. The fraction of sp³-hybridized carbons (Fsp3) is 0.647. The van der Waals surface area contributed by atoms with Crippen LogP contribution in [0.1, 0.15) is 18.9 Å². The first-order valence-electron chi connectivity index (χ1n) is 7.98. The Morgan fingerprint density at radius 3 is 3.00 bits per heavy atom. The molecule has 21 heavy (non-hydrogen) atoms. The predicted molar refractivity (Wildman–Crippen MR) is 87.8 cm³/mol. The van der Waals surface area contributed by atoms with Gasteiger partial charge in [-0.25, -0.2) is 0 Å². The lowest BCUT2D eigenvalue weighted by atomic mass is 10.2. The Kier molecular flexibility index (Phi) is 6.49. The number of hydrogen-bond acceptors (Lipinski definition) is 4. The minimum Gasteiger partial charge on any atom is -0.492 e. The van der Waals surface area contributed by atoms with Gasteiger partial charge in [-0.1, -0.05) is 12.1 Å². The summed E-state index contributed by atoms with van der Waals surface area (Å²) in [6.45, 7) is 8.49. The van der Waals surface area contributed by atoms with E-state index in [0.29, 0.717) is 6.04 Å². The lowest BCUT2D eigenvalue weighted by molar-refractivity contribution is 0.166. The summed E-state index contributed by atoms with van der Waals surface area (Å²) in [7, 11) is 4.18. The van der Waals surface area contributed by atoms with Crippen LogP contribution in [0, 0.1) is 0 Å². The fourth-order valence-corrected chi connectivity index (χ4v) is 2.98. The first-order chi connectivity index (χ1) is 10.2. The quantitative estimate of drug-likeness (QED) is 0.865. The van der Waals surface area contributed by atoms with Crippen molar-refractivity contribution in [2.75, 3.05) is 46.9 Å². The maximum atomic E-state index is 5.93. The molecule has 4 nitrogen and oxygen atoms in total. The molecule has 4 heteroatoms. The standard InChI is InChI=1S/C17H29N3O/c1-15-14-19(3)8-5-9-20(15)10-11-21-17-7-4-6-16(12-17)13-18-2/h4,6-7,12,15,18H,5,8-11,13-14H2,1-3H3. The molecule has 1 aromatic carbocycles. The van der Waals surface area contributed by atoms with Crippen molar-refractivity contribution in [3.63, 3.8) is 0 Å². The van der Waals surface area contributed by atoms with Crippen LogP contribution >= 0.6 is 0 Å². The second-order valence-electron chi connectivity index (χ2n) is 6.03. The van der Waals surface area contributed by atoms with Crippen LogP contribution in [0.15, 0.2) is 24.3 Å². The molecule has 1 unspecified atom stereocenters. The van der Waals surface area contributed by atoms with E-state index in [9.17, 15) is 0 Å². The van der Waals surface area contributed by atoms with Crippen molar-refractivity contribution in [3.8, 4) is 5.75 Å². The summed E-state index contributed by atoms with van der Waals surface area (Å²) < 4.78 is 5.93. The second kappa shape index (κ2) is 8.37. The van der Waals surface area contributed by atoms with Gasteiger partial charge in [-0.2, -0.15) is 0 Å². The van der Waals surface area contributed by atoms with Crippen molar-refractivity contribution in [2.24, 2.45) is 0 Å². The van der Waals surface area contributed by atoms with Gasteiger partial charge in [0.05, 0.1) is 0 Å². The second-order valence-corrected chi connectivity index (χ2v) is 6.03. The maximum Gasteiger partial charge on any atom is 0.119 e. The monoisotopic (exact) mass is 291 g/mol. The molecule has 0 spiro atoms. The van der Waals surface area contributed by atoms with E-state index >= 15 is 0 Å². The van der Waals surface area contributed by atoms with Crippen LogP contribution in [-0.2, 0) is 6.54 Å². The number of rotatable bonds is 6. The molecular formula is C17H29N3O. The fourth-order valence-electron chi connectivity index (χ4n) is 2.98. The third-order valence-corrected chi connectivity index (χ3v) is 4.11. The summed E-state index contributed by atoms with van der Waals surface area (Å²) in [5.41, 5.74) is 1.26. The van der Waals surface area contributed by atoms with E-state index in [0.717, 1.165) is 32.0 Å². The minimum atomic E-state index is 0.608. The van der Waals surface area contributed by atoms with Gasteiger partial charge in [-0.3, -0.25) is 4.90 Å². The van der Waals surface area contributed by atoms with Gasteiger partial charge < -0.3 is 15.0 Å². The van der Waals surface area contributed by atoms with Crippen molar-refractivity contribution >= 4 is 0 Å². The molecule has 0 aromatic heterocycles. The highest BCUT2D eigenvalue weighted by Gasteiger charge is 2.19. The highest BCUT2D eigenvalue weighted by molar-refractivity contribution is 5.28. The van der Waals surface area contributed by atoms with Gasteiger partial charge in [0.2, 0.25) is 0 Å². The number of ether oxygens (including phenoxy) is 1. The number of hydrogen-bond donors (Lipinski definition) is 1. The minimum absolute atomic E-state index is 0.608. The first kappa shape index (κ1) is 16.3. The lowest BCUT2D eigenvalue weighted by Crippen LogP contribution is -2.40. The van der Waals surface area contributed by atoms with Crippen LogP contribution in [0.3, 0.4) is 0 Å². The molecule has 0 amide bonds. The van der Waals surface area contributed by atoms with E-state index in [4.69, 9.17) is 4.74 Å². The van der Waals surface area contributed by atoms with Gasteiger partial charge in [-0.15, -0.1) is 0 Å². The zero-order valence-corrected chi connectivity index (χ0v) is 13.6. The lowest BCUT2D eigenvalue weighted by Gasteiger charge is -2.27. The Bertz CT molecular complexity index is 424. The van der Waals surface area contributed by atoms with Crippen molar-refractivity contribution in [1.82, 2.24) is 15.1 Å². The van der Waals surface area contributed by atoms with Crippen LogP contribution in [0.25, 0.3) is 0 Å². The van der Waals surface area contributed by atoms with Gasteiger partial charge >= 0.3 is 0 Å². The van der Waals surface area contributed by atoms with Crippen LogP contribution in [-0.4, -0.2) is 62.7 Å². The summed E-state index contributed by atoms with van der Waals surface area (Å²) in [5.74, 6) is 0.974. The molecule has 0 saturated carbocycles. The Hall–Kier alpha value is -1.10. The molecule has 1 N–H and O–H groups in total. The predicted octanol–water partition coefficient (Wildman–Crippen LogP) is 1.81. The average Bonchev–Trinajstić information content (AvgIpc) is 2.61. The van der Waals surface area contributed by atoms with Gasteiger partial charge in [0.15, 0.2) is 0 Å². The van der Waals surface area contributed by atoms with Crippen LogP contribution < -0.4 is 10.1 Å². The molecule has 1 heterocycles. The summed E-state index contributed by atoms with van der Waals surface area (Å²) in [6, 6.07) is 8.95. The first-order valence-corrected chi connectivity index (χ1v) is 7.98. The SMILES string of the molecule is CNCc1cccc(OCCN2CCCN(C)CC2C)c1. The van der Waals surface area contributed by atoms with Crippen molar-refractivity contribution in [1.29, 1.82) is 0 Å². The van der Waals surface area contributed by atoms with Crippen LogP contribution in [0.4, 0.5) is 0 Å². The molecule has 1 atom stereocenters. The highest BCUT2D eigenvalue weighted by atomic mass is 16.5. The van der Waals surface area contributed by atoms with Crippen LogP contribution in [0.2, 0.25) is 0 Å². The average molecular weight is 291 g/mol. The van der Waals surface area contributed by atoms with E-state index in [1.807, 2.05) is 13.1 Å². The molecule has 0 bridgehead atoms. The Morgan fingerprint density at radius 1 is 1.33 bits per heavy atom. The Labute approximate surface area is 129 Å². The summed E-state index contributed by atoms with van der Waals surface area (Å²) in [6.07, 6.45) is 1.25. The van der Waals surface area contributed by atoms with Crippen LogP contribution in [0.5, 0.6) is 5.75 Å². The normalized spacial score (nSPS) is 21.2. The molecule has 2 rings (SSSR count). The van der Waals surface area contributed by atoms with Crippen molar-refractivity contribution in [2.45, 2.75) is 25.9 Å². The summed E-state index contributed by atoms with van der Waals surface area (Å²) in [5, 5.41) is 3.17. The molecule has 0 radical (unpaired) electrons. The maximum absolute atomic E-state index is 5.93. The Balaban J connectivity index is 1.79. The molecule has 1 aliphatic rings. The van der Waals surface area contributed by atoms with Crippen molar-refractivity contribution in [3.05, 3.63) is 29.8 Å². The molecular weight excluding hydrogens is 262 g/mol. The number of nitrogens with one attached hydrogen (secondary N) is 1. The third-order valence-electron chi connectivity index (χ3n) is 4.11. The molecule has 0 aliphatic carbocycles. The number of nitrogens with zero attached hydrogens (tertiary/aromatic N) is 2. The summed E-state index contributed by atoms with van der Waals surface area (Å²) in [4.78, 5) is 4.97. The summed E-state index contributed by atoms with van der Waals surface area (Å²) >= 11 is 0. The van der Waals surface area contributed by atoms with Gasteiger partial charge in [0, 0.05) is 25.7 Å². The topological polar surface area (TPSA) is 27.7 Å². The van der Waals surface area contributed by atoms with Gasteiger partial charge in [0.1, 0.15) is 12.4 Å². The molecule has 118 valence electrons. The Morgan fingerprint density at radius 2 is 2.19 bits per heavy atom. The molecule has 1 saturated heterocycles. The highest BCUT2D eigenvalue weighted by Crippen LogP contribution is 2.14. The van der Waals surface area contributed by atoms with E-state index in [1.54, 1.807) is 0 Å². The van der Waals surface area contributed by atoms with E-state index in [2.05, 4.69) is 47.3 Å². The molecule has 1 aliphatic heterocycles. The number of benzene rings is 1.